The van der Waals surface area contributed by atoms with E-state index in [0.29, 0.717) is 5.78 Å². The minimum Gasteiger partial charge on any atom is -0.299 e. The van der Waals surface area contributed by atoms with Gasteiger partial charge in [0.1, 0.15) is 5.78 Å². The fraction of sp³-hybridized carbons (Fsp3) is 0.647. The number of aromatic nitrogens is 1. The molecule has 0 saturated carbocycles. The van der Waals surface area contributed by atoms with Gasteiger partial charge in [0, 0.05) is 24.7 Å². The predicted octanol–water partition coefficient (Wildman–Crippen LogP) is 4.89. The molecule has 1 heterocycles. The van der Waals surface area contributed by atoms with Crippen LogP contribution in [0.2, 0.25) is 0 Å². The maximum atomic E-state index is 12.1. The van der Waals surface area contributed by atoms with Crippen molar-refractivity contribution >= 4 is 5.78 Å². The van der Waals surface area contributed by atoms with Gasteiger partial charge in [-0.1, -0.05) is 52.4 Å². The highest BCUT2D eigenvalue weighted by Crippen LogP contribution is 2.18. The average molecular weight is 261 g/mol. The molecular formula is C17H27NO. The Hall–Kier alpha value is -1.18. The highest BCUT2D eigenvalue weighted by molar-refractivity contribution is 5.85. The molecule has 0 aliphatic heterocycles. The molecule has 1 aromatic heterocycles. The van der Waals surface area contributed by atoms with Crippen LogP contribution in [0.25, 0.3) is 0 Å². The van der Waals surface area contributed by atoms with E-state index in [9.17, 15) is 4.79 Å². The Morgan fingerprint density at radius 1 is 1.05 bits per heavy atom. The van der Waals surface area contributed by atoms with Crippen LogP contribution < -0.4 is 0 Å². The summed E-state index contributed by atoms with van der Waals surface area (Å²) in [6.07, 6.45) is 13.0. The van der Waals surface area contributed by atoms with Crippen LogP contribution in [-0.4, -0.2) is 10.8 Å². The van der Waals surface area contributed by atoms with Crippen molar-refractivity contribution in [1.82, 2.24) is 4.98 Å². The number of carbonyl (C=O) groups excluding carboxylic acids is 1. The molecule has 1 unspecified atom stereocenters. The van der Waals surface area contributed by atoms with Gasteiger partial charge in [0.2, 0.25) is 0 Å². The lowest BCUT2D eigenvalue weighted by atomic mass is 9.94. The predicted molar refractivity (Wildman–Crippen MR) is 80.3 cm³/mol. The molecule has 2 heteroatoms. The van der Waals surface area contributed by atoms with Crippen LogP contribution in [0.4, 0.5) is 0 Å². The first-order chi connectivity index (χ1) is 9.25. The molecule has 19 heavy (non-hydrogen) atoms. The van der Waals surface area contributed by atoms with Gasteiger partial charge in [-0.25, -0.2) is 0 Å². The Morgan fingerprint density at radius 2 is 1.63 bits per heavy atom. The third-order valence-electron chi connectivity index (χ3n) is 3.72. The van der Waals surface area contributed by atoms with E-state index in [1.807, 2.05) is 19.1 Å². The zero-order chi connectivity index (χ0) is 13.9. The summed E-state index contributed by atoms with van der Waals surface area (Å²) in [6.45, 7) is 4.23. The number of nitrogens with zero attached hydrogens (tertiary/aromatic N) is 1. The number of rotatable bonds is 10. The minimum atomic E-state index is 0.0168. The van der Waals surface area contributed by atoms with Crippen LogP contribution in [0.1, 0.15) is 76.7 Å². The average Bonchev–Trinajstić information content (AvgIpc) is 2.46. The fourth-order valence-electron chi connectivity index (χ4n) is 2.31. The minimum absolute atomic E-state index is 0.0168. The molecule has 0 saturated heterocycles. The smallest absolute Gasteiger partial charge is 0.140 e. The number of pyridine rings is 1. The first kappa shape index (κ1) is 15.9. The van der Waals surface area contributed by atoms with Crippen LogP contribution in [-0.2, 0) is 4.79 Å². The molecule has 0 aliphatic carbocycles. The van der Waals surface area contributed by atoms with Crippen LogP contribution in [0.5, 0.6) is 0 Å². The highest BCUT2D eigenvalue weighted by Gasteiger charge is 2.14. The van der Waals surface area contributed by atoms with Gasteiger partial charge in [-0.15, -0.1) is 0 Å². The molecule has 0 amide bonds. The summed E-state index contributed by atoms with van der Waals surface area (Å²) >= 11 is 0. The van der Waals surface area contributed by atoms with E-state index in [1.54, 1.807) is 12.4 Å². The normalized spacial score (nSPS) is 12.3. The van der Waals surface area contributed by atoms with E-state index in [4.69, 9.17) is 0 Å². The van der Waals surface area contributed by atoms with Gasteiger partial charge in [-0.2, -0.15) is 0 Å². The van der Waals surface area contributed by atoms with Crippen LogP contribution in [0.15, 0.2) is 24.5 Å². The summed E-state index contributed by atoms with van der Waals surface area (Å²) < 4.78 is 0. The number of carbonyl (C=O) groups is 1. The Kier molecular flexibility index (Phi) is 8.11. The molecular weight excluding hydrogens is 234 g/mol. The van der Waals surface area contributed by atoms with Crippen molar-refractivity contribution in [2.45, 2.75) is 71.1 Å². The highest BCUT2D eigenvalue weighted by atomic mass is 16.1. The Bertz CT molecular complexity index is 348. The second-order valence-electron chi connectivity index (χ2n) is 5.34. The number of Topliss-reactive ketones (excluding diaryl/α,β-unsaturated/α-hetero) is 1. The molecule has 1 atom stereocenters. The van der Waals surface area contributed by atoms with Crippen molar-refractivity contribution in [3.63, 3.8) is 0 Å². The first-order valence-electron chi connectivity index (χ1n) is 7.68. The summed E-state index contributed by atoms with van der Waals surface area (Å²) in [7, 11) is 0. The van der Waals surface area contributed by atoms with Gasteiger partial charge in [-0.05, 0) is 24.1 Å². The number of unbranched alkanes of at least 4 members (excludes halogenated alkanes) is 6. The van der Waals surface area contributed by atoms with E-state index in [0.717, 1.165) is 18.4 Å². The van der Waals surface area contributed by atoms with Crippen molar-refractivity contribution in [3.05, 3.63) is 30.1 Å². The van der Waals surface area contributed by atoms with Gasteiger partial charge in [0.15, 0.2) is 0 Å². The first-order valence-corrected chi connectivity index (χ1v) is 7.68. The lowest BCUT2D eigenvalue weighted by Gasteiger charge is -2.10. The SMILES string of the molecule is CCCCCCCCCC(=O)C(C)c1ccncc1. The number of hydrogen-bond donors (Lipinski definition) is 0. The zero-order valence-corrected chi connectivity index (χ0v) is 12.4. The molecule has 1 aromatic rings. The standard InChI is InChI=1S/C17H27NO/c1-3-4-5-6-7-8-9-10-17(19)15(2)16-11-13-18-14-12-16/h11-15H,3-10H2,1-2H3. The Labute approximate surface area is 117 Å². The lowest BCUT2D eigenvalue weighted by molar-refractivity contribution is -0.120. The Balaban J connectivity index is 2.14. The van der Waals surface area contributed by atoms with Gasteiger partial charge in [-0.3, -0.25) is 9.78 Å². The van der Waals surface area contributed by atoms with Crippen LogP contribution in [0.3, 0.4) is 0 Å². The van der Waals surface area contributed by atoms with Crippen molar-refractivity contribution in [2.24, 2.45) is 0 Å². The van der Waals surface area contributed by atoms with Gasteiger partial charge < -0.3 is 0 Å². The largest absolute Gasteiger partial charge is 0.299 e. The summed E-state index contributed by atoms with van der Waals surface area (Å²) in [5.74, 6) is 0.378. The second-order valence-corrected chi connectivity index (χ2v) is 5.34. The van der Waals surface area contributed by atoms with Gasteiger partial charge in [0.05, 0.1) is 0 Å². The van der Waals surface area contributed by atoms with Crippen molar-refractivity contribution in [1.29, 1.82) is 0 Å². The molecule has 2 nitrogen and oxygen atoms in total. The maximum Gasteiger partial charge on any atom is 0.140 e. The molecule has 1 rings (SSSR count). The summed E-state index contributed by atoms with van der Waals surface area (Å²) in [5, 5.41) is 0. The molecule has 0 bridgehead atoms. The van der Waals surface area contributed by atoms with Crippen molar-refractivity contribution in [2.75, 3.05) is 0 Å². The monoisotopic (exact) mass is 261 g/mol. The second kappa shape index (κ2) is 9.71. The third kappa shape index (κ3) is 6.51. The number of ketones is 1. The lowest BCUT2D eigenvalue weighted by Crippen LogP contribution is -2.08. The molecule has 0 spiro atoms. The van der Waals surface area contributed by atoms with E-state index in [-0.39, 0.29) is 5.92 Å². The van der Waals surface area contributed by atoms with Crippen molar-refractivity contribution in [3.8, 4) is 0 Å². The quantitative estimate of drug-likeness (QED) is 0.561. The number of hydrogen-bond acceptors (Lipinski definition) is 2. The molecule has 0 fully saturated rings. The molecule has 106 valence electrons. The van der Waals surface area contributed by atoms with Crippen LogP contribution >= 0.6 is 0 Å². The zero-order valence-electron chi connectivity index (χ0n) is 12.4. The Morgan fingerprint density at radius 3 is 2.26 bits per heavy atom. The summed E-state index contributed by atoms with van der Waals surface area (Å²) in [6, 6.07) is 3.88. The van der Waals surface area contributed by atoms with Crippen LogP contribution in [0, 0.1) is 0 Å². The molecule has 0 aromatic carbocycles. The van der Waals surface area contributed by atoms with Crippen molar-refractivity contribution < 1.29 is 4.79 Å². The van der Waals surface area contributed by atoms with Gasteiger partial charge in [0.25, 0.3) is 0 Å². The summed E-state index contributed by atoms with van der Waals surface area (Å²) in [4.78, 5) is 16.0. The van der Waals surface area contributed by atoms with E-state index in [1.165, 1.54) is 38.5 Å². The van der Waals surface area contributed by atoms with E-state index >= 15 is 0 Å². The summed E-state index contributed by atoms with van der Waals surface area (Å²) in [5.41, 5.74) is 1.09. The molecule has 0 aliphatic rings. The van der Waals surface area contributed by atoms with E-state index < -0.39 is 0 Å². The topological polar surface area (TPSA) is 30.0 Å². The van der Waals surface area contributed by atoms with E-state index in [2.05, 4.69) is 11.9 Å². The fourth-order valence-corrected chi connectivity index (χ4v) is 2.31. The molecule has 0 N–H and O–H groups in total. The third-order valence-corrected chi connectivity index (χ3v) is 3.72. The van der Waals surface area contributed by atoms with Gasteiger partial charge >= 0.3 is 0 Å². The molecule has 0 radical (unpaired) electrons. The maximum absolute atomic E-state index is 12.1.